The van der Waals surface area contributed by atoms with E-state index in [0.29, 0.717) is 0 Å². The lowest BCUT2D eigenvalue weighted by Crippen LogP contribution is -1.83. The van der Waals surface area contributed by atoms with Crippen molar-refractivity contribution in [3.8, 4) is 0 Å². The van der Waals surface area contributed by atoms with Crippen LogP contribution in [0.1, 0.15) is 154 Å². The van der Waals surface area contributed by atoms with Crippen LogP contribution in [0.25, 0.3) is 0 Å². The SMILES string of the molecule is [CH2]CCCCCCCC=CCCCCCCCCCCCCCCCCC[CH2]. The van der Waals surface area contributed by atoms with Gasteiger partial charge in [0.25, 0.3) is 0 Å². The third-order valence-electron chi connectivity index (χ3n) is 5.91. The first-order chi connectivity index (χ1) is 13.9. The number of unbranched alkanes of at least 4 members (excludes halogenated alkanes) is 22. The molecule has 2 radical (unpaired) electrons. The Morgan fingerprint density at radius 1 is 0.286 bits per heavy atom. The van der Waals surface area contributed by atoms with Crippen LogP contribution in [0.4, 0.5) is 0 Å². The van der Waals surface area contributed by atoms with Gasteiger partial charge in [-0.25, -0.2) is 0 Å². The molecule has 0 nitrogen and oxygen atoms in total. The quantitative estimate of drug-likeness (QED) is 0.113. The lowest BCUT2D eigenvalue weighted by Gasteiger charge is -2.03. The summed E-state index contributed by atoms with van der Waals surface area (Å²) in [4.78, 5) is 0. The number of hydrogen-bond acceptors (Lipinski definition) is 0. The van der Waals surface area contributed by atoms with E-state index in [4.69, 9.17) is 0 Å². The van der Waals surface area contributed by atoms with Crippen LogP contribution >= 0.6 is 0 Å². The molecule has 0 aromatic heterocycles. The molecule has 0 saturated carbocycles. The highest BCUT2D eigenvalue weighted by Gasteiger charge is 1.94. The van der Waals surface area contributed by atoms with Crippen LogP contribution in [-0.4, -0.2) is 0 Å². The minimum atomic E-state index is 1.11. The summed E-state index contributed by atoms with van der Waals surface area (Å²) in [6.45, 7) is 7.81. The first kappa shape index (κ1) is 27.7. The zero-order valence-electron chi connectivity index (χ0n) is 19.5. The Kier molecular flexibility index (Phi) is 26.5. The topological polar surface area (TPSA) is 0 Å². The van der Waals surface area contributed by atoms with Crippen molar-refractivity contribution in [3.05, 3.63) is 26.0 Å². The van der Waals surface area contributed by atoms with Crippen LogP contribution in [0.15, 0.2) is 12.2 Å². The largest absolute Gasteiger partial charge is 0.0885 e. The van der Waals surface area contributed by atoms with Gasteiger partial charge in [0.2, 0.25) is 0 Å². The number of hydrogen-bond donors (Lipinski definition) is 0. The first-order valence-corrected chi connectivity index (χ1v) is 13.1. The van der Waals surface area contributed by atoms with Crippen molar-refractivity contribution in [2.24, 2.45) is 0 Å². The second-order valence-electron chi connectivity index (χ2n) is 8.83. The molecule has 0 heteroatoms. The van der Waals surface area contributed by atoms with E-state index >= 15 is 0 Å². The van der Waals surface area contributed by atoms with Gasteiger partial charge in [-0.05, 0) is 25.7 Å². The molecule has 0 aromatic rings. The second kappa shape index (κ2) is 26.7. The molecule has 0 unspecified atom stereocenters. The van der Waals surface area contributed by atoms with Crippen molar-refractivity contribution in [1.82, 2.24) is 0 Å². The summed E-state index contributed by atoms with van der Waals surface area (Å²) < 4.78 is 0. The van der Waals surface area contributed by atoms with Crippen LogP contribution in [0, 0.1) is 13.8 Å². The van der Waals surface area contributed by atoms with Gasteiger partial charge in [-0.3, -0.25) is 0 Å². The predicted octanol–water partition coefficient (Wildman–Crippen LogP) is 10.6. The summed E-state index contributed by atoms with van der Waals surface area (Å²) in [5, 5.41) is 0. The van der Waals surface area contributed by atoms with E-state index < -0.39 is 0 Å². The highest BCUT2D eigenvalue weighted by molar-refractivity contribution is 4.81. The minimum Gasteiger partial charge on any atom is -0.0885 e. The molecule has 28 heavy (non-hydrogen) atoms. The zero-order chi connectivity index (χ0) is 20.4. The maximum atomic E-state index is 3.91. The lowest BCUT2D eigenvalue weighted by molar-refractivity contribution is 0.531. The van der Waals surface area contributed by atoms with Gasteiger partial charge in [-0.1, -0.05) is 154 Å². The zero-order valence-corrected chi connectivity index (χ0v) is 19.5. The average molecular weight is 391 g/mol. The molecule has 0 N–H and O–H groups in total. The molecule has 0 bridgehead atoms. The Balaban J connectivity index is 3.03. The van der Waals surface area contributed by atoms with E-state index in [1.54, 1.807) is 0 Å². The Morgan fingerprint density at radius 2 is 0.500 bits per heavy atom. The van der Waals surface area contributed by atoms with Gasteiger partial charge in [-0.2, -0.15) is 0 Å². The van der Waals surface area contributed by atoms with Crippen molar-refractivity contribution in [1.29, 1.82) is 0 Å². The third kappa shape index (κ3) is 25.7. The van der Waals surface area contributed by atoms with Crippen molar-refractivity contribution >= 4 is 0 Å². The molecule has 0 heterocycles. The fraction of sp³-hybridized carbons (Fsp3) is 0.857. The van der Waals surface area contributed by atoms with Gasteiger partial charge in [0.05, 0.1) is 0 Å². The van der Waals surface area contributed by atoms with Crippen molar-refractivity contribution < 1.29 is 0 Å². The monoisotopic (exact) mass is 390 g/mol. The molecule has 0 spiro atoms. The van der Waals surface area contributed by atoms with Gasteiger partial charge in [0.1, 0.15) is 0 Å². The lowest BCUT2D eigenvalue weighted by atomic mass is 10.0. The van der Waals surface area contributed by atoms with Gasteiger partial charge in [0, 0.05) is 0 Å². The third-order valence-corrected chi connectivity index (χ3v) is 5.91. The highest BCUT2D eigenvalue weighted by Crippen LogP contribution is 2.14. The van der Waals surface area contributed by atoms with Crippen LogP contribution in [0.3, 0.4) is 0 Å². The number of allylic oxidation sites excluding steroid dienone is 2. The molecule has 0 amide bonds. The van der Waals surface area contributed by atoms with Gasteiger partial charge in [0.15, 0.2) is 0 Å². The molecule has 166 valence electrons. The van der Waals surface area contributed by atoms with E-state index in [1.807, 2.05) is 0 Å². The van der Waals surface area contributed by atoms with E-state index in [-0.39, 0.29) is 0 Å². The molecule has 0 saturated heterocycles. The summed E-state index contributed by atoms with van der Waals surface area (Å²) in [5.74, 6) is 0. The Bertz CT molecular complexity index is 278. The summed E-state index contributed by atoms with van der Waals surface area (Å²) in [6, 6.07) is 0. The summed E-state index contributed by atoms with van der Waals surface area (Å²) in [6.07, 6.45) is 38.2. The average Bonchev–Trinajstić information content (AvgIpc) is 2.71. The fourth-order valence-corrected chi connectivity index (χ4v) is 3.94. The molecule has 0 aliphatic carbocycles. The molecule has 0 rings (SSSR count). The summed E-state index contributed by atoms with van der Waals surface area (Å²) in [7, 11) is 0. The van der Waals surface area contributed by atoms with E-state index in [9.17, 15) is 0 Å². The summed E-state index contributed by atoms with van der Waals surface area (Å²) >= 11 is 0. The van der Waals surface area contributed by atoms with Crippen molar-refractivity contribution in [2.45, 2.75) is 154 Å². The molecule has 0 atom stereocenters. The van der Waals surface area contributed by atoms with Crippen molar-refractivity contribution in [2.75, 3.05) is 0 Å². The highest BCUT2D eigenvalue weighted by atomic mass is 14.0. The molecule has 0 aromatic carbocycles. The van der Waals surface area contributed by atoms with Gasteiger partial charge in [-0.15, -0.1) is 0 Å². The molecule has 0 fully saturated rings. The normalized spacial score (nSPS) is 11.6. The minimum absolute atomic E-state index is 1.11. The maximum Gasteiger partial charge on any atom is -0.0351 e. The van der Waals surface area contributed by atoms with Crippen LogP contribution in [0.5, 0.6) is 0 Å². The van der Waals surface area contributed by atoms with Gasteiger partial charge >= 0.3 is 0 Å². The smallest absolute Gasteiger partial charge is 0.0351 e. The van der Waals surface area contributed by atoms with Crippen molar-refractivity contribution in [3.63, 3.8) is 0 Å². The van der Waals surface area contributed by atoms with E-state index in [1.165, 1.54) is 141 Å². The maximum absolute atomic E-state index is 3.91. The van der Waals surface area contributed by atoms with Gasteiger partial charge < -0.3 is 0 Å². The molecule has 0 aliphatic heterocycles. The molecule has 0 aliphatic rings. The Morgan fingerprint density at radius 3 is 0.750 bits per heavy atom. The predicted molar refractivity (Wildman–Crippen MR) is 131 cm³/mol. The number of rotatable bonds is 24. The molecular formula is C28H54. The van der Waals surface area contributed by atoms with Crippen LogP contribution in [-0.2, 0) is 0 Å². The fourth-order valence-electron chi connectivity index (χ4n) is 3.94. The Hall–Kier alpha value is -0.260. The van der Waals surface area contributed by atoms with Crippen LogP contribution in [0.2, 0.25) is 0 Å². The van der Waals surface area contributed by atoms with Crippen LogP contribution < -0.4 is 0 Å². The van der Waals surface area contributed by atoms with E-state index in [2.05, 4.69) is 26.0 Å². The summed E-state index contributed by atoms with van der Waals surface area (Å²) in [5.41, 5.74) is 0. The Labute approximate surface area is 180 Å². The second-order valence-corrected chi connectivity index (χ2v) is 8.83. The standard InChI is InChI=1S/C28H54/c1-3-5-7-9-11-13-15-17-19-21-23-25-27-28-26-24-22-20-18-16-14-12-10-8-6-4-2/h17,19H,1-16,18,20-28H2. The molecular weight excluding hydrogens is 336 g/mol. The van der Waals surface area contributed by atoms with E-state index in [0.717, 1.165) is 12.8 Å². The first-order valence-electron chi connectivity index (χ1n) is 13.1.